The molecule has 1 atom stereocenters. The summed E-state index contributed by atoms with van der Waals surface area (Å²) in [6.07, 6.45) is -1.12. The molecular weight excluding hydrogens is 257 g/mol. The maximum absolute atomic E-state index is 13.0. The molecule has 0 saturated heterocycles. The highest BCUT2D eigenvalue weighted by Gasteiger charge is 2.41. The van der Waals surface area contributed by atoms with E-state index in [9.17, 15) is 13.2 Å². The highest BCUT2D eigenvalue weighted by atomic mass is 19.4. The molecule has 0 aromatic carbocycles. The number of ether oxygens (including phenoxy) is 1. The van der Waals surface area contributed by atoms with Crippen LogP contribution in [0.25, 0.3) is 0 Å². The van der Waals surface area contributed by atoms with Gasteiger partial charge in [0.05, 0.1) is 17.2 Å². The summed E-state index contributed by atoms with van der Waals surface area (Å²) in [5.41, 5.74) is 4.44. The number of nitrogens with zero attached hydrogens (tertiary/aromatic N) is 1. The molecule has 0 aliphatic rings. The molecule has 108 valence electrons. The fraction of sp³-hybridized carbons (Fsp3) is 0.615. The molecule has 0 aliphatic heterocycles. The topological polar surface area (TPSA) is 48.1 Å². The summed E-state index contributed by atoms with van der Waals surface area (Å²) in [6.45, 7) is 3.69. The summed E-state index contributed by atoms with van der Waals surface area (Å²) in [7, 11) is 1.47. The lowest BCUT2D eigenvalue weighted by Crippen LogP contribution is -2.43. The van der Waals surface area contributed by atoms with Gasteiger partial charge in [-0.05, 0) is 18.9 Å². The number of halogens is 3. The van der Waals surface area contributed by atoms with Gasteiger partial charge < -0.3 is 10.5 Å². The molecule has 6 heteroatoms. The van der Waals surface area contributed by atoms with Crippen LogP contribution in [0.2, 0.25) is 0 Å². The summed E-state index contributed by atoms with van der Waals surface area (Å²) >= 11 is 0. The second kappa shape index (κ2) is 5.88. The minimum atomic E-state index is -4.45. The van der Waals surface area contributed by atoms with E-state index in [1.165, 1.54) is 13.3 Å². The van der Waals surface area contributed by atoms with Crippen molar-refractivity contribution in [1.29, 1.82) is 0 Å². The van der Waals surface area contributed by atoms with Crippen LogP contribution in [-0.2, 0) is 10.9 Å². The van der Waals surface area contributed by atoms with Crippen LogP contribution in [0.4, 0.5) is 13.2 Å². The minimum absolute atomic E-state index is 0.0273. The van der Waals surface area contributed by atoms with Crippen molar-refractivity contribution in [3.8, 4) is 0 Å². The second-order valence-corrected chi connectivity index (χ2v) is 4.41. The van der Waals surface area contributed by atoms with Crippen LogP contribution in [0.15, 0.2) is 18.5 Å². The number of hydrogen-bond acceptors (Lipinski definition) is 3. The van der Waals surface area contributed by atoms with E-state index in [0.29, 0.717) is 12.8 Å². The van der Waals surface area contributed by atoms with Crippen LogP contribution in [0.5, 0.6) is 0 Å². The Kier molecular flexibility index (Phi) is 4.92. The molecule has 1 unspecified atom stereocenters. The molecule has 0 spiro atoms. The Hall–Kier alpha value is -1.14. The molecule has 1 aromatic rings. The van der Waals surface area contributed by atoms with Crippen LogP contribution in [0, 0.1) is 0 Å². The monoisotopic (exact) mass is 276 g/mol. The smallest absolute Gasteiger partial charge is 0.376 e. The van der Waals surface area contributed by atoms with Gasteiger partial charge >= 0.3 is 6.18 Å². The van der Waals surface area contributed by atoms with Crippen molar-refractivity contribution >= 4 is 0 Å². The van der Waals surface area contributed by atoms with Crippen LogP contribution in [-0.4, -0.2) is 17.7 Å². The molecule has 19 heavy (non-hydrogen) atoms. The molecular formula is C13H19F3N2O. The number of nitrogens with two attached hydrogens (primary N) is 1. The molecule has 2 N–H and O–H groups in total. The molecule has 0 amide bonds. The maximum atomic E-state index is 13.0. The molecule has 1 aromatic heterocycles. The van der Waals surface area contributed by atoms with E-state index >= 15 is 0 Å². The van der Waals surface area contributed by atoms with Gasteiger partial charge in [0.25, 0.3) is 0 Å². The van der Waals surface area contributed by atoms with Crippen molar-refractivity contribution in [3.63, 3.8) is 0 Å². The molecule has 1 heterocycles. The largest absolute Gasteiger partial charge is 0.416 e. The van der Waals surface area contributed by atoms with Gasteiger partial charge in [-0.15, -0.1) is 0 Å². The fourth-order valence-electron chi connectivity index (χ4n) is 2.30. The van der Waals surface area contributed by atoms with Crippen LogP contribution >= 0.6 is 0 Å². The Balaban J connectivity index is 3.30. The maximum Gasteiger partial charge on any atom is 0.416 e. The summed E-state index contributed by atoms with van der Waals surface area (Å²) < 4.78 is 44.4. The number of hydrogen-bond donors (Lipinski definition) is 1. The first-order valence-electron chi connectivity index (χ1n) is 6.14. The van der Waals surface area contributed by atoms with Gasteiger partial charge in [0.15, 0.2) is 0 Å². The Morgan fingerprint density at radius 2 is 1.89 bits per heavy atom. The lowest BCUT2D eigenvalue weighted by molar-refractivity contribution is -0.139. The first-order valence-corrected chi connectivity index (χ1v) is 6.14. The predicted molar refractivity (Wildman–Crippen MR) is 66.5 cm³/mol. The third-order valence-corrected chi connectivity index (χ3v) is 3.66. The first-order chi connectivity index (χ1) is 8.82. The van der Waals surface area contributed by atoms with E-state index in [1.54, 1.807) is 0 Å². The Morgan fingerprint density at radius 1 is 1.32 bits per heavy atom. The SMILES string of the molecule is CCC(CC)(OC)C(N)c1cnccc1C(F)(F)F. The summed E-state index contributed by atoms with van der Waals surface area (Å²) in [6, 6.07) is 0.0684. The van der Waals surface area contributed by atoms with Gasteiger partial charge in [0.1, 0.15) is 0 Å². The Labute approximate surface area is 111 Å². The standard InChI is InChI=1S/C13H19F3N2O/c1-4-12(5-2,19-3)11(17)9-8-18-7-6-10(9)13(14,15)16/h6-8,11H,4-5,17H2,1-3H3. The highest BCUT2D eigenvalue weighted by Crippen LogP contribution is 2.39. The van der Waals surface area contributed by atoms with Gasteiger partial charge in [-0.2, -0.15) is 13.2 Å². The third-order valence-electron chi connectivity index (χ3n) is 3.66. The summed E-state index contributed by atoms with van der Waals surface area (Å²) in [5, 5.41) is 0. The van der Waals surface area contributed by atoms with Gasteiger partial charge in [0, 0.05) is 25.1 Å². The van der Waals surface area contributed by atoms with E-state index < -0.39 is 23.4 Å². The Bertz CT molecular complexity index is 408. The van der Waals surface area contributed by atoms with Gasteiger partial charge in [-0.3, -0.25) is 4.98 Å². The van der Waals surface area contributed by atoms with E-state index in [1.807, 2.05) is 13.8 Å². The zero-order valence-corrected chi connectivity index (χ0v) is 11.3. The molecule has 0 saturated carbocycles. The lowest BCUT2D eigenvalue weighted by Gasteiger charge is -2.37. The molecule has 3 nitrogen and oxygen atoms in total. The highest BCUT2D eigenvalue weighted by molar-refractivity contribution is 5.31. The first kappa shape index (κ1) is 15.9. The summed E-state index contributed by atoms with van der Waals surface area (Å²) in [5.74, 6) is 0. The van der Waals surface area contributed by atoms with Crippen LogP contribution < -0.4 is 5.73 Å². The lowest BCUT2D eigenvalue weighted by atomic mass is 9.83. The van der Waals surface area contributed by atoms with Crippen molar-refractivity contribution in [2.75, 3.05) is 7.11 Å². The van der Waals surface area contributed by atoms with Crippen molar-refractivity contribution in [2.45, 2.75) is 44.5 Å². The van der Waals surface area contributed by atoms with Gasteiger partial charge in [-0.1, -0.05) is 13.8 Å². The number of methoxy groups -OCH3 is 1. The van der Waals surface area contributed by atoms with Crippen LogP contribution in [0.1, 0.15) is 43.9 Å². The molecule has 0 radical (unpaired) electrons. The number of pyridine rings is 1. The van der Waals surface area contributed by atoms with E-state index in [4.69, 9.17) is 10.5 Å². The van der Waals surface area contributed by atoms with E-state index in [2.05, 4.69) is 4.98 Å². The van der Waals surface area contributed by atoms with Gasteiger partial charge in [0.2, 0.25) is 0 Å². The summed E-state index contributed by atoms with van der Waals surface area (Å²) in [4.78, 5) is 3.76. The van der Waals surface area contributed by atoms with Crippen molar-refractivity contribution in [2.24, 2.45) is 5.73 Å². The molecule has 1 rings (SSSR count). The zero-order valence-electron chi connectivity index (χ0n) is 11.3. The predicted octanol–water partition coefficient (Wildman–Crippen LogP) is 3.31. The minimum Gasteiger partial charge on any atom is -0.376 e. The van der Waals surface area contributed by atoms with Crippen molar-refractivity contribution in [3.05, 3.63) is 29.6 Å². The van der Waals surface area contributed by atoms with E-state index in [0.717, 1.165) is 12.3 Å². The number of alkyl halides is 3. The molecule has 0 bridgehead atoms. The second-order valence-electron chi connectivity index (χ2n) is 4.41. The number of rotatable bonds is 5. The Morgan fingerprint density at radius 3 is 2.32 bits per heavy atom. The molecule has 0 fully saturated rings. The number of aromatic nitrogens is 1. The average Bonchev–Trinajstić information content (AvgIpc) is 2.40. The third kappa shape index (κ3) is 3.06. The van der Waals surface area contributed by atoms with Gasteiger partial charge in [-0.25, -0.2) is 0 Å². The quantitative estimate of drug-likeness (QED) is 0.897. The van der Waals surface area contributed by atoms with Crippen molar-refractivity contribution < 1.29 is 17.9 Å². The van der Waals surface area contributed by atoms with E-state index in [-0.39, 0.29) is 5.56 Å². The van der Waals surface area contributed by atoms with Crippen LogP contribution in [0.3, 0.4) is 0 Å². The van der Waals surface area contributed by atoms with Crippen molar-refractivity contribution in [1.82, 2.24) is 4.98 Å². The zero-order chi connectivity index (χ0) is 14.7. The normalized spacial score (nSPS) is 14.5. The molecule has 0 aliphatic carbocycles. The fourth-order valence-corrected chi connectivity index (χ4v) is 2.30. The average molecular weight is 276 g/mol.